The summed E-state index contributed by atoms with van der Waals surface area (Å²) in [6.45, 7) is 1.80. The second-order valence-corrected chi connectivity index (χ2v) is 5.17. The Balaban J connectivity index is 2.08. The number of rotatable bonds is 3. The summed E-state index contributed by atoms with van der Waals surface area (Å²) in [7, 11) is 0. The molecule has 1 N–H and O–H groups in total. The predicted molar refractivity (Wildman–Crippen MR) is 70.6 cm³/mol. The van der Waals surface area contributed by atoms with Crippen molar-refractivity contribution in [3.8, 4) is 0 Å². The molecule has 0 atom stereocenters. The zero-order valence-corrected chi connectivity index (χ0v) is 11.3. The number of H-pyrrole nitrogens is 1. The Morgan fingerprint density at radius 3 is 2.50 bits per heavy atom. The van der Waals surface area contributed by atoms with Crippen LogP contribution in [0.2, 0.25) is 0 Å². The Hall–Kier alpha value is -1.76. The molecular weight excluding hydrogens is 289 g/mol. The fourth-order valence-corrected chi connectivity index (χ4v) is 2.48. The van der Waals surface area contributed by atoms with Gasteiger partial charge in [-0.05, 0) is 30.2 Å². The quantitative estimate of drug-likeness (QED) is 0.698. The van der Waals surface area contributed by atoms with Gasteiger partial charge in [0.1, 0.15) is 0 Å². The first kappa shape index (κ1) is 14.6. The minimum atomic E-state index is -4.32. The molecule has 3 nitrogen and oxygen atoms in total. The van der Waals surface area contributed by atoms with Crippen molar-refractivity contribution in [3.05, 3.63) is 57.6 Å². The van der Waals surface area contributed by atoms with Gasteiger partial charge in [0.2, 0.25) is 0 Å². The lowest BCUT2D eigenvalue weighted by Crippen LogP contribution is -2.10. The van der Waals surface area contributed by atoms with Crippen molar-refractivity contribution in [3.63, 3.8) is 0 Å². The normalized spacial score (nSPS) is 11.6. The Morgan fingerprint density at radius 1 is 1.25 bits per heavy atom. The summed E-state index contributed by atoms with van der Waals surface area (Å²) in [5, 5.41) is 0.671. The number of alkyl halides is 3. The highest BCUT2D eigenvalue weighted by Gasteiger charge is 2.29. The molecule has 106 valence electrons. The van der Waals surface area contributed by atoms with Crippen LogP contribution >= 0.6 is 11.8 Å². The molecule has 0 amide bonds. The van der Waals surface area contributed by atoms with Crippen LogP contribution < -0.4 is 5.69 Å². The minimum Gasteiger partial charge on any atom is -0.300 e. The number of thioether (sulfide) groups is 1. The van der Waals surface area contributed by atoms with Crippen LogP contribution in [0.3, 0.4) is 0 Å². The zero-order chi connectivity index (χ0) is 14.8. The molecule has 2 rings (SSSR count). The van der Waals surface area contributed by atoms with Crippen molar-refractivity contribution >= 4 is 11.8 Å². The van der Waals surface area contributed by atoms with Gasteiger partial charge in [0.15, 0.2) is 0 Å². The molecule has 7 heteroatoms. The summed E-state index contributed by atoms with van der Waals surface area (Å²) in [6.07, 6.45) is -2.85. The third-order valence-corrected chi connectivity index (χ3v) is 3.81. The first-order valence-electron chi connectivity index (χ1n) is 5.71. The average molecular weight is 300 g/mol. The Bertz CT molecular complexity index is 650. The van der Waals surface area contributed by atoms with E-state index in [2.05, 4.69) is 9.97 Å². The lowest BCUT2D eigenvalue weighted by molar-refractivity contribution is -0.137. The molecule has 0 bridgehead atoms. The summed E-state index contributed by atoms with van der Waals surface area (Å²) < 4.78 is 37.2. The molecule has 1 aromatic heterocycles. The fourth-order valence-electron chi connectivity index (χ4n) is 1.54. The highest BCUT2D eigenvalue weighted by Crippen LogP contribution is 2.30. The Labute approximate surface area is 117 Å². The molecule has 0 spiro atoms. The topological polar surface area (TPSA) is 45.8 Å². The molecular formula is C13H11F3N2OS. The Morgan fingerprint density at radius 2 is 1.90 bits per heavy atom. The lowest BCUT2D eigenvalue weighted by atomic mass is 10.1. The first-order chi connectivity index (χ1) is 9.36. The third-order valence-electron chi connectivity index (χ3n) is 2.62. The van der Waals surface area contributed by atoms with Crippen LogP contribution in [-0.2, 0) is 11.9 Å². The van der Waals surface area contributed by atoms with E-state index >= 15 is 0 Å². The van der Waals surface area contributed by atoms with E-state index in [-0.39, 0.29) is 0 Å². The van der Waals surface area contributed by atoms with Crippen LogP contribution in [0.25, 0.3) is 0 Å². The van der Waals surface area contributed by atoms with Crippen LogP contribution in [0.5, 0.6) is 0 Å². The van der Waals surface area contributed by atoms with Gasteiger partial charge < -0.3 is 4.98 Å². The average Bonchev–Trinajstić information content (AvgIpc) is 2.39. The smallest absolute Gasteiger partial charge is 0.300 e. The van der Waals surface area contributed by atoms with Crippen molar-refractivity contribution in [2.45, 2.75) is 23.9 Å². The second-order valence-electron chi connectivity index (χ2n) is 4.18. The molecule has 0 radical (unpaired) electrons. The highest BCUT2D eigenvalue weighted by atomic mass is 32.2. The molecule has 1 aromatic carbocycles. The largest absolute Gasteiger partial charge is 0.416 e. The van der Waals surface area contributed by atoms with E-state index in [0.29, 0.717) is 10.8 Å². The minimum absolute atomic E-state index is 0.439. The van der Waals surface area contributed by atoms with E-state index in [1.165, 1.54) is 30.1 Å². The maximum absolute atomic E-state index is 12.4. The second kappa shape index (κ2) is 5.70. The number of halogens is 3. The van der Waals surface area contributed by atoms with Gasteiger partial charge in [0, 0.05) is 11.9 Å². The van der Waals surface area contributed by atoms with Crippen molar-refractivity contribution in [2.75, 3.05) is 0 Å². The molecule has 0 fully saturated rings. The van der Waals surface area contributed by atoms with Gasteiger partial charge in [-0.2, -0.15) is 13.2 Å². The van der Waals surface area contributed by atoms with Crippen LogP contribution in [-0.4, -0.2) is 9.97 Å². The molecule has 0 aliphatic carbocycles. The number of aromatic amines is 1. The summed E-state index contributed by atoms with van der Waals surface area (Å²) in [5.74, 6) is 0.471. The van der Waals surface area contributed by atoms with E-state index in [0.717, 1.165) is 23.3 Å². The van der Waals surface area contributed by atoms with Gasteiger partial charge in [0.05, 0.1) is 10.6 Å². The molecule has 0 saturated heterocycles. The van der Waals surface area contributed by atoms with Crippen LogP contribution in [0.1, 0.15) is 16.7 Å². The SMILES string of the molecule is Cc1cnc(=O)[nH]c1SCc1ccc(C(F)(F)F)cc1. The van der Waals surface area contributed by atoms with Crippen molar-refractivity contribution in [2.24, 2.45) is 0 Å². The standard InChI is InChI=1S/C13H11F3N2OS/c1-8-6-17-12(19)18-11(8)20-7-9-2-4-10(5-3-9)13(14,15)16/h2-6H,7H2,1H3,(H,17,18,19). The van der Waals surface area contributed by atoms with Crippen LogP contribution in [0.15, 0.2) is 40.3 Å². The fraction of sp³-hybridized carbons (Fsp3) is 0.231. The maximum atomic E-state index is 12.4. The molecule has 0 unspecified atom stereocenters. The van der Waals surface area contributed by atoms with Gasteiger partial charge in [-0.25, -0.2) is 9.78 Å². The number of nitrogens with zero attached hydrogens (tertiary/aromatic N) is 1. The highest BCUT2D eigenvalue weighted by molar-refractivity contribution is 7.98. The third kappa shape index (κ3) is 3.63. The molecule has 20 heavy (non-hydrogen) atoms. The summed E-state index contributed by atoms with van der Waals surface area (Å²) in [5.41, 5.74) is 0.465. The lowest BCUT2D eigenvalue weighted by Gasteiger charge is -2.08. The van der Waals surface area contributed by atoms with Crippen LogP contribution in [0, 0.1) is 6.92 Å². The van der Waals surface area contributed by atoms with Gasteiger partial charge in [-0.1, -0.05) is 12.1 Å². The molecule has 2 aromatic rings. The maximum Gasteiger partial charge on any atom is 0.416 e. The molecule has 1 heterocycles. The molecule has 0 aliphatic heterocycles. The van der Waals surface area contributed by atoms with Gasteiger partial charge >= 0.3 is 11.9 Å². The van der Waals surface area contributed by atoms with Gasteiger partial charge in [-0.3, -0.25) is 0 Å². The number of hydrogen-bond acceptors (Lipinski definition) is 3. The summed E-state index contributed by atoms with van der Waals surface area (Å²) in [6, 6.07) is 4.98. The molecule has 0 aliphatic rings. The van der Waals surface area contributed by atoms with E-state index < -0.39 is 17.4 Å². The monoisotopic (exact) mass is 300 g/mol. The Kier molecular flexibility index (Phi) is 4.17. The summed E-state index contributed by atoms with van der Waals surface area (Å²) >= 11 is 1.35. The van der Waals surface area contributed by atoms with Crippen molar-refractivity contribution in [1.82, 2.24) is 9.97 Å². The first-order valence-corrected chi connectivity index (χ1v) is 6.69. The van der Waals surface area contributed by atoms with E-state index in [4.69, 9.17) is 0 Å². The number of aryl methyl sites for hydroxylation is 1. The molecule has 0 saturated carbocycles. The van der Waals surface area contributed by atoms with Crippen molar-refractivity contribution < 1.29 is 13.2 Å². The van der Waals surface area contributed by atoms with Crippen molar-refractivity contribution in [1.29, 1.82) is 0 Å². The van der Waals surface area contributed by atoms with E-state index in [1.54, 1.807) is 6.92 Å². The number of nitrogens with one attached hydrogen (secondary N) is 1. The van der Waals surface area contributed by atoms with Gasteiger partial charge in [-0.15, -0.1) is 11.8 Å². The zero-order valence-electron chi connectivity index (χ0n) is 10.5. The predicted octanol–water partition coefficient (Wildman–Crippen LogP) is 3.39. The summed E-state index contributed by atoms with van der Waals surface area (Å²) in [4.78, 5) is 17.3. The number of aromatic nitrogens is 2. The van der Waals surface area contributed by atoms with Crippen LogP contribution in [0.4, 0.5) is 13.2 Å². The van der Waals surface area contributed by atoms with E-state index in [1.807, 2.05) is 0 Å². The number of benzene rings is 1. The van der Waals surface area contributed by atoms with E-state index in [9.17, 15) is 18.0 Å². The van der Waals surface area contributed by atoms with Gasteiger partial charge in [0.25, 0.3) is 0 Å². The number of hydrogen-bond donors (Lipinski definition) is 1.